The molecule has 0 aliphatic carbocycles. The maximum atomic E-state index is 12.6. The highest BCUT2D eigenvalue weighted by atomic mass is 16.5. The third kappa shape index (κ3) is 4.59. The van der Waals surface area contributed by atoms with Crippen molar-refractivity contribution in [1.29, 1.82) is 0 Å². The number of methoxy groups -OCH3 is 1. The highest BCUT2D eigenvalue weighted by Crippen LogP contribution is 2.23. The summed E-state index contributed by atoms with van der Waals surface area (Å²) < 4.78 is 5.29. The van der Waals surface area contributed by atoms with E-state index in [4.69, 9.17) is 4.74 Å². The van der Waals surface area contributed by atoms with Gasteiger partial charge in [-0.15, -0.1) is 0 Å². The van der Waals surface area contributed by atoms with E-state index in [1.165, 1.54) is 5.56 Å². The quantitative estimate of drug-likeness (QED) is 0.821. The zero-order chi connectivity index (χ0) is 17.5. The maximum absolute atomic E-state index is 12.6. The molecule has 2 rings (SSSR count). The van der Waals surface area contributed by atoms with E-state index in [1.807, 2.05) is 49.4 Å². The monoisotopic (exact) mass is 327 g/mol. The van der Waals surface area contributed by atoms with Gasteiger partial charge in [0.15, 0.2) is 6.04 Å². The zero-order valence-electron chi connectivity index (χ0n) is 14.8. The smallest absolute Gasteiger partial charge is 0.282 e. The van der Waals surface area contributed by atoms with Crippen molar-refractivity contribution in [3.63, 3.8) is 0 Å². The minimum atomic E-state index is -0.206. The van der Waals surface area contributed by atoms with Crippen molar-refractivity contribution in [2.45, 2.75) is 32.9 Å². The van der Waals surface area contributed by atoms with E-state index in [-0.39, 0.29) is 18.0 Å². The number of rotatable bonds is 7. The Morgan fingerprint density at radius 3 is 2.25 bits per heavy atom. The first-order chi connectivity index (χ1) is 11.5. The molecule has 0 heterocycles. The molecule has 24 heavy (non-hydrogen) atoms. The van der Waals surface area contributed by atoms with Gasteiger partial charge in [-0.25, -0.2) is 0 Å². The number of para-hydroxylation sites is 2. The molecule has 0 fully saturated rings. The first kappa shape index (κ1) is 18.0. The summed E-state index contributed by atoms with van der Waals surface area (Å²) in [6.07, 6.45) is 0. The molecular formula is C20H27N2O2+. The fraction of sp³-hybridized carbons (Fsp3) is 0.350. The molecule has 1 amide bonds. The Bertz CT molecular complexity index is 656. The van der Waals surface area contributed by atoms with Gasteiger partial charge in [0.25, 0.3) is 5.91 Å². The number of benzene rings is 2. The predicted octanol–water partition coefficient (Wildman–Crippen LogP) is 2.98. The first-order valence-corrected chi connectivity index (χ1v) is 8.36. The van der Waals surface area contributed by atoms with Crippen molar-refractivity contribution in [2.24, 2.45) is 5.92 Å². The third-order valence-electron chi connectivity index (χ3n) is 4.18. The summed E-state index contributed by atoms with van der Waals surface area (Å²) >= 11 is 0. The summed E-state index contributed by atoms with van der Waals surface area (Å²) in [5.74, 6) is 1.07. The third-order valence-corrected chi connectivity index (χ3v) is 4.18. The Morgan fingerprint density at radius 2 is 1.62 bits per heavy atom. The van der Waals surface area contributed by atoms with Gasteiger partial charge in [0.2, 0.25) is 0 Å². The fourth-order valence-corrected chi connectivity index (χ4v) is 2.79. The fourth-order valence-electron chi connectivity index (χ4n) is 2.79. The molecular weight excluding hydrogens is 300 g/mol. The predicted molar refractivity (Wildman–Crippen MR) is 97.0 cm³/mol. The van der Waals surface area contributed by atoms with Crippen LogP contribution < -0.4 is 15.4 Å². The number of amides is 1. The molecule has 0 aliphatic rings. The molecule has 0 saturated carbocycles. The number of hydrogen-bond acceptors (Lipinski definition) is 2. The number of anilines is 1. The van der Waals surface area contributed by atoms with E-state index in [0.717, 1.165) is 0 Å². The van der Waals surface area contributed by atoms with E-state index in [0.29, 0.717) is 17.4 Å². The maximum Gasteiger partial charge on any atom is 0.282 e. The van der Waals surface area contributed by atoms with Gasteiger partial charge in [-0.05, 0) is 19.1 Å². The van der Waals surface area contributed by atoms with E-state index >= 15 is 0 Å². The Morgan fingerprint density at radius 1 is 1.00 bits per heavy atom. The van der Waals surface area contributed by atoms with Gasteiger partial charge >= 0.3 is 0 Å². The molecule has 0 aliphatic heterocycles. The lowest BCUT2D eigenvalue weighted by molar-refractivity contribution is -0.718. The van der Waals surface area contributed by atoms with Crippen LogP contribution >= 0.6 is 0 Å². The van der Waals surface area contributed by atoms with E-state index < -0.39 is 0 Å². The molecule has 2 aromatic carbocycles. The van der Waals surface area contributed by atoms with Crippen molar-refractivity contribution >= 4 is 11.6 Å². The van der Waals surface area contributed by atoms with Gasteiger partial charge in [-0.2, -0.15) is 0 Å². The van der Waals surface area contributed by atoms with Crippen molar-refractivity contribution in [3.05, 3.63) is 60.2 Å². The van der Waals surface area contributed by atoms with E-state index in [2.05, 4.69) is 36.6 Å². The van der Waals surface area contributed by atoms with Crippen molar-refractivity contribution in [2.75, 3.05) is 12.4 Å². The lowest BCUT2D eigenvalue weighted by atomic mass is 9.95. The second-order valence-corrected chi connectivity index (χ2v) is 6.35. The molecule has 0 bridgehead atoms. The average Bonchev–Trinajstić information content (AvgIpc) is 2.60. The van der Waals surface area contributed by atoms with Crippen LogP contribution in [0.15, 0.2) is 54.6 Å². The molecule has 4 heteroatoms. The van der Waals surface area contributed by atoms with Crippen molar-refractivity contribution < 1.29 is 14.8 Å². The Kier molecular flexibility index (Phi) is 6.38. The lowest BCUT2D eigenvalue weighted by Gasteiger charge is -2.23. The van der Waals surface area contributed by atoms with Crippen LogP contribution in [-0.2, 0) is 4.79 Å². The molecule has 0 spiro atoms. The highest BCUT2D eigenvalue weighted by molar-refractivity contribution is 5.94. The SMILES string of the molecule is COc1ccccc1NC(=O)[C@H](C)[NH2+][C@H](c1ccccc1)C(C)C. The van der Waals surface area contributed by atoms with Crippen molar-refractivity contribution in [3.8, 4) is 5.75 Å². The topological polar surface area (TPSA) is 54.9 Å². The van der Waals surface area contributed by atoms with Crippen LogP contribution in [0.5, 0.6) is 5.75 Å². The summed E-state index contributed by atoms with van der Waals surface area (Å²) in [6, 6.07) is 17.8. The summed E-state index contributed by atoms with van der Waals surface area (Å²) in [5, 5.41) is 5.09. The Labute approximate surface area is 144 Å². The summed E-state index contributed by atoms with van der Waals surface area (Å²) in [4.78, 5) is 12.6. The molecule has 0 unspecified atom stereocenters. The minimum absolute atomic E-state index is 0.0268. The second-order valence-electron chi connectivity index (χ2n) is 6.35. The number of nitrogens with one attached hydrogen (secondary N) is 1. The zero-order valence-corrected chi connectivity index (χ0v) is 14.8. The number of nitrogens with two attached hydrogens (primary N) is 1. The van der Waals surface area contributed by atoms with E-state index in [9.17, 15) is 4.79 Å². The minimum Gasteiger partial charge on any atom is -0.495 e. The molecule has 128 valence electrons. The summed E-state index contributed by atoms with van der Waals surface area (Å²) in [7, 11) is 1.60. The van der Waals surface area contributed by atoms with Crippen LogP contribution in [0.4, 0.5) is 5.69 Å². The van der Waals surface area contributed by atoms with Crippen LogP contribution in [-0.4, -0.2) is 19.1 Å². The van der Waals surface area contributed by atoms with Crippen LogP contribution in [0.2, 0.25) is 0 Å². The molecule has 0 saturated heterocycles. The number of carbonyl (C=O) groups excluding carboxylic acids is 1. The standard InChI is InChI=1S/C20H26N2O2/c1-14(2)19(16-10-6-5-7-11-16)21-15(3)20(23)22-17-12-8-9-13-18(17)24-4/h5-15,19,21H,1-4H3,(H,22,23)/p+1/t15-,19-/m0/s1. The Balaban J connectivity index is 2.07. The highest BCUT2D eigenvalue weighted by Gasteiger charge is 2.26. The van der Waals surface area contributed by atoms with Gasteiger partial charge in [0, 0.05) is 11.5 Å². The summed E-state index contributed by atoms with van der Waals surface area (Å²) in [5.41, 5.74) is 1.94. The number of ether oxygens (including phenoxy) is 1. The molecule has 0 radical (unpaired) electrons. The normalized spacial score (nSPS) is 13.4. The second kappa shape index (κ2) is 8.50. The first-order valence-electron chi connectivity index (χ1n) is 8.36. The molecule has 2 atom stereocenters. The molecule has 0 aromatic heterocycles. The van der Waals surface area contributed by atoms with Crippen LogP contribution in [0, 0.1) is 5.92 Å². The van der Waals surface area contributed by atoms with Gasteiger partial charge in [-0.3, -0.25) is 4.79 Å². The Hall–Kier alpha value is -2.33. The van der Waals surface area contributed by atoms with Gasteiger partial charge < -0.3 is 15.4 Å². The van der Waals surface area contributed by atoms with Crippen molar-refractivity contribution in [1.82, 2.24) is 0 Å². The lowest BCUT2D eigenvalue weighted by Crippen LogP contribution is -2.93. The largest absolute Gasteiger partial charge is 0.495 e. The molecule has 3 N–H and O–H groups in total. The molecule has 2 aromatic rings. The van der Waals surface area contributed by atoms with Crippen LogP contribution in [0.1, 0.15) is 32.4 Å². The number of carbonyl (C=O) groups is 1. The number of quaternary nitrogens is 1. The number of hydrogen-bond donors (Lipinski definition) is 2. The van der Waals surface area contributed by atoms with Gasteiger partial charge in [-0.1, -0.05) is 56.3 Å². The van der Waals surface area contributed by atoms with Gasteiger partial charge in [0.05, 0.1) is 12.8 Å². The molecule has 4 nitrogen and oxygen atoms in total. The van der Waals surface area contributed by atoms with Crippen LogP contribution in [0.3, 0.4) is 0 Å². The van der Waals surface area contributed by atoms with Crippen LogP contribution in [0.25, 0.3) is 0 Å². The van der Waals surface area contributed by atoms with Gasteiger partial charge in [0.1, 0.15) is 11.8 Å². The average molecular weight is 327 g/mol. The van der Waals surface area contributed by atoms with E-state index in [1.54, 1.807) is 7.11 Å². The summed E-state index contributed by atoms with van der Waals surface area (Å²) in [6.45, 7) is 6.29.